The van der Waals surface area contributed by atoms with Crippen LogP contribution < -0.4 is 11.4 Å². The Hall–Kier alpha value is -1.75. The normalized spacial score (nSPS) is 12.9. The van der Waals surface area contributed by atoms with Crippen LogP contribution in [0.5, 0.6) is 0 Å². The summed E-state index contributed by atoms with van der Waals surface area (Å²) in [4.78, 5) is 17.6. The van der Waals surface area contributed by atoms with Crippen LogP contribution in [0.15, 0.2) is 23.0 Å². The first-order valence-corrected chi connectivity index (χ1v) is 5.00. The molecule has 3 N–H and O–H groups in total. The summed E-state index contributed by atoms with van der Waals surface area (Å²) in [6.07, 6.45) is 0.484. The predicted octanol–water partition coefficient (Wildman–Crippen LogP) is 0.952. The zero-order chi connectivity index (χ0) is 11.7. The van der Waals surface area contributed by atoms with Gasteiger partial charge in [0.1, 0.15) is 5.82 Å². The SMILES string of the molecule is CC(N)Cc1[nH]c(=O)nc2ccc(F)cc12. The molecule has 16 heavy (non-hydrogen) atoms. The second kappa shape index (κ2) is 4.02. The molecule has 0 spiro atoms. The second-order valence-corrected chi connectivity index (χ2v) is 3.86. The fourth-order valence-corrected chi connectivity index (χ4v) is 1.66. The van der Waals surface area contributed by atoms with Gasteiger partial charge in [0.15, 0.2) is 0 Å². The maximum Gasteiger partial charge on any atom is 0.345 e. The van der Waals surface area contributed by atoms with E-state index in [0.29, 0.717) is 23.0 Å². The Morgan fingerprint density at radius 2 is 2.31 bits per heavy atom. The quantitative estimate of drug-likeness (QED) is 0.793. The maximum atomic E-state index is 13.1. The Morgan fingerprint density at radius 3 is 3.00 bits per heavy atom. The number of nitrogens with two attached hydrogens (primary N) is 1. The van der Waals surface area contributed by atoms with Crippen LogP contribution >= 0.6 is 0 Å². The molecule has 0 aliphatic rings. The van der Waals surface area contributed by atoms with E-state index in [2.05, 4.69) is 9.97 Å². The molecule has 0 saturated heterocycles. The Bertz CT molecular complexity index is 577. The Kier molecular flexibility index (Phi) is 2.70. The molecule has 1 aromatic carbocycles. The molecule has 2 rings (SSSR count). The molecule has 0 aliphatic heterocycles. The lowest BCUT2D eigenvalue weighted by Crippen LogP contribution is -2.22. The highest BCUT2D eigenvalue weighted by atomic mass is 19.1. The van der Waals surface area contributed by atoms with Crippen LogP contribution in [0.4, 0.5) is 4.39 Å². The Labute approximate surface area is 91.3 Å². The fourth-order valence-electron chi connectivity index (χ4n) is 1.66. The molecule has 4 nitrogen and oxygen atoms in total. The van der Waals surface area contributed by atoms with E-state index in [1.165, 1.54) is 18.2 Å². The van der Waals surface area contributed by atoms with Gasteiger partial charge in [-0.1, -0.05) is 0 Å². The second-order valence-electron chi connectivity index (χ2n) is 3.86. The summed E-state index contributed by atoms with van der Waals surface area (Å²) in [5.41, 5.74) is 6.35. The number of nitrogens with one attached hydrogen (secondary N) is 1. The minimum Gasteiger partial charge on any atom is -0.328 e. The van der Waals surface area contributed by atoms with Crippen molar-refractivity contribution in [1.82, 2.24) is 9.97 Å². The van der Waals surface area contributed by atoms with Gasteiger partial charge in [0.05, 0.1) is 5.52 Å². The summed E-state index contributed by atoms with van der Waals surface area (Å²) >= 11 is 0. The van der Waals surface area contributed by atoms with Crippen molar-refractivity contribution in [3.05, 3.63) is 40.2 Å². The molecule has 0 amide bonds. The maximum absolute atomic E-state index is 13.1. The smallest absolute Gasteiger partial charge is 0.328 e. The number of benzene rings is 1. The lowest BCUT2D eigenvalue weighted by atomic mass is 10.1. The van der Waals surface area contributed by atoms with E-state index in [9.17, 15) is 9.18 Å². The van der Waals surface area contributed by atoms with E-state index in [0.717, 1.165) is 0 Å². The summed E-state index contributed by atoms with van der Waals surface area (Å²) in [5, 5.41) is 0.608. The largest absolute Gasteiger partial charge is 0.345 e. The lowest BCUT2D eigenvalue weighted by molar-refractivity contribution is 0.629. The summed E-state index contributed by atoms with van der Waals surface area (Å²) in [5.74, 6) is -0.354. The third kappa shape index (κ3) is 2.09. The van der Waals surface area contributed by atoms with Crippen LogP contribution in [0.2, 0.25) is 0 Å². The van der Waals surface area contributed by atoms with Gasteiger partial charge in [0, 0.05) is 23.5 Å². The van der Waals surface area contributed by atoms with Gasteiger partial charge in [0.25, 0.3) is 0 Å². The van der Waals surface area contributed by atoms with Crippen molar-refractivity contribution in [1.29, 1.82) is 0 Å². The Balaban J connectivity index is 2.69. The summed E-state index contributed by atoms with van der Waals surface area (Å²) in [7, 11) is 0. The van der Waals surface area contributed by atoms with Crippen LogP contribution in [0.25, 0.3) is 10.9 Å². The van der Waals surface area contributed by atoms with Gasteiger partial charge in [-0.3, -0.25) is 0 Å². The number of nitrogens with zero attached hydrogens (tertiary/aromatic N) is 1. The number of halogens is 1. The van der Waals surface area contributed by atoms with Crippen molar-refractivity contribution < 1.29 is 4.39 Å². The standard InChI is InChI=1S/C11H12FN3O/c1-6(13)4-10-8-5-7(12)2-3-9(8)14-11(16)15-10/h2-3,5-6H,4,13H2,1H3,(H,14,15,16). The van der Waals surface area contributed by atoms with Crippen molar-refractivity contribution in [3.63, 3.8) is 0 Å². The molecule has 5 heteroatoms. The molecule has 1 heterocycles. The zero-order valence-electron chi connectivity index (χ0n) is 8.83. The van der Waals surface area contributed by atoms with E-state index < -0.39 is 5.69 Å². The van der Waals surface area contributed by atoms with Crippen LogP contribution in [0.3, 0.4) is 0 Å². The lowest BCUT2D eigenvalue weighted by Gasteiger charge is -2.08. The van der Waals surface area contributed by atoms with E-state index in [1.54, 1.807) is 0 Å². The molecule has 1 aromatic heterocycles. The summed E-state index contributed by atoms with van der Waals surface area (Å²) in [6, 6.07) is 4.02. The van der Waals surface area contributed by atoms with Gasteiger partial charge in [-0.15, -0.1) is 0 Å². The first kappa shape index (κ1) is 10.8. The van der Waals surface area contributed by atoms with Gasteiger partial charge in [0.2, 0.25) is 0 Å². The summed E-state index contributed by atoms with van der Waals surface area (Å²) in [6.45, 7) is 1.82. The van der Waals surface area contributed by atoms with Gasteiger partial charge in [-0.25, -0.2) is 9.18 Å². The third-order valence-electron chi connectivity index (χ3n) is 2.29. The van der Waals surface area contributed by atoms with Crippen LogP contribution in [-0.2, 0) is 6.42 Å². The molecular weight excluding hydrogens is 209 g/mol. The van der Waals surface area contributed by atoms with Crippen molar-refractivity contribution in [2.75, 3.05) is 0 Å². The van der Waals surface area contributed by atoms with Crippen molar-refractivity contribution >= 4 is 10.9 Å². The topological polar surface area (TPSA) is 71.8 Å². The van der Waals surface area contributed by atoms with E-state index in [4.69, 9.17) is 5.73 Å². The monoisotopic (exact) mass is 221 g/mol. The molecule has 0 bridgehead atoms. The average Bonchev–Trinajstić information content (AvgIpc) is 2.18. The van der Waals surface area contributed by atoms with Crippen LogP contribution in [-0.4, -0.2) is 16.0 Å². The fraction of sp³-hybridized carbons (Fsp3) is 0.273. The van der Waals surface area contributed by atoms with Crippen LogP contribution in [0.1, 0.15) is 12.6 Å². The molecule has 0 radical (unpaired) electrons. The highest BCUT2D eigenvalue weighted by Gasteiger charge is 2.07. The highest BCUT2D eigenvalue weighted by Crippen LogP contribution is 2.15. The molecule has 1 unspecified atom stereocenters. The van der Waals surface area contributed by atoms with E-state index in [-0.39, 0.29) is 11.9 Å². The van der Waals surface area contributed by atoms with Crippen molar-refractivity contribution in [2.45, 2.75) is 19.4 Å². The number of hydrogen-bond acceptors (Lipinski definition) is 3. The number of fused-ring (bicyclic) bond motifs is 1. The minimum atomic E-state index is -0.435. The molecule has 84 valence electrons. The molecule has 0 saturated carbocycles. The number of aromatic amines is 1. The zero-order valence-corrected chi connectivity index (χ0v) is 8.83. The first-order chi connectivity index (χ1) is 7.56. The molecular formula is C11H12FN3O. The van der Waals surface area contributed by atoms with Crippen molar-refractivity contribution in [3.8, 4) is 0 Å². The summed E-state index contributed by atoms with van der Waals surface area (Å²) < 4.78 is 13.1. The van der Waals surface area contributed by atoms with Gasteiger partial charge >= 0.3 is 5.69 Å². The highest BCUT2D eigenvalue weighted by molar-refractivity contribution is 5.80. The van der Waals surface area contributed by atoms with Crippen molar-refractivity contribution in [2.24, 2.45) is 5.73 Å². The molecule has 0 aliphatic carbocycles. The Morgan fingerprint density at radius 1 is 1.56 bits per heavy atom. The van der Waals surface area contributed by atoms with Gasteiger partial charge in [-0.2, -0.15) is 4.98 Å². The molecule has 0 fully saturated rings. The van der Waals surface area contributed by atoms with E-state index in [1.807, 2.05) is 6.92 Å². The first-order valence-electron chi connectivity index (χ1n) is 5.00. The number of rotatable bonds is 2. The average molecular weight is 221 g/mol. The third-order valence-corrected chi connectivity index (χ3v) is 2.29. The van der Waals surface area contributed by atoms with Gasteiger partial charge < -0.3 is 10.7 Å². The number of aromatic nitrogens is 2. The van der Waals surface area contributed by atoms with E-state index >= 15 is 0 Å². The number of hydrogen-bond donors (Lipinski definition) is 2. The van der Waals surface area contributed by atoms with Gasteiger partial charge in [-0.05, 0) is 25.1 Å². The minimum absolute atomic E-state index is 0.107. The molecule has 2 aromatic rings. The predicted molar refractivity (Wildman–Crippen MR) is 59.7 cm³/mol. The molecule has 1 atom stereocenters. The number of H-pyrrole nitrogens is 1. The van der Waals surface area contributed by atoms with Crippen LogP contribution in [0, 0.1) is 5.82 Å².